The van der Waals surface area contributed by atoms with Gasteiger partial charge < -0.3 is 19.3 Å². The van der Waals surface area contributed by atoms with E-state index in [9.17, 15) is 19.5 Å². The Hall–Kier alpha value is -4.33. The van der Waals surface area contributed by atoms with Crippen molar-refractivity contribution in [3.8, 4) is 17.2 Å². The summed E-state index contributed by atoms with van der Waals surface area (Å²) in [6.45, 7) is 0. The summed E-state index contributed by atoms with van der Waals surface area (Å²) < 4.78 is 15.1. The molecule has 3 aromatic carbocycles. The monoisotopic (exact) mass is 393 g/mol. The van der Waals surface area contributed by atoms with Gasteiger partial charge in [-0.2, -0.15) is 0 Å². The maximum atomic E-state index is 12.1. The molecular weight excluding hydrogens is 378 g/mol. The molecule has 29 heavy (non-hydrogen) atoms. The minimum atomic E-state index is -1.41. The third-order valence-corrected chi connectivity index (χ3v) is 3.57. The Morgan fingerprint density at radius 1 is 0.690 bits per heavy atom. The van der Waals surface area contributed by atoms with Crippen LogP contribution < -0.4 is 19.5 Å². The van der Waals surface area contributed by atoms with Gasteiger partial charge in [0.25, 0.3) is 0 Å². The first-order chi connectivity index (χ1) is 14.0. The first-order valence-corrected chi connectivity index (χ1v) is 8.38. The molecule has 0 heterocycles. The summed E-state index contributed by atoms with van der Waals surface area (Å²) in [6.07, 6.45) is -2.02. The summed E-state index contributed by atoms with van der Waals surface area (Å²) in [7, 11) is 0. The average molecular weight is 393 g/mol. The van der Waals surface area contributed by atoms with Gasteiger partial charge in [0.05, 0.1) is 5.69 Å². The van der Waals surface area contributed by atoms with Crippen LogP contribution in [0, 0.1) is 0 Å². The molecule has 8 heteroatoms. The molecule has 0 saturated heterocycles. The summed E-state index contributed by atoms with van der Waals surface area (Å²) in [5.41, 5.74) is -0.536. The number of ether oxygens (including phenoxy) is 3. The Balaban J connectivity index is 1.76. The number of nitrogens with one attached hydrogen (secondary N) is 1. The number of carboxylic acid groups (broad SMARTS) is 1. The maximum Gasteiger partial charge on any atom is 0.519 e. The Morgan fingerprint density at radius 2 is 1.28 bits per heavy atom. The van der Waals surface area contributed by atoms with Gasteiger partial charge in [0.2, 0.25) is 0 Å². The fraction of sp³-hybridized carbons (Fsp3) is 0. The van der Waals surface area contributed by atoms with E-state index < -0.39 is 23.8 Å². The smallest absolute Gasteiger partial charge is 0.477 e. The molecule has 8 nitrogen and oxygen atoms in total. The molecule has 0 aliphatic carbocycles. The highest BCUT2D eigenvalue weighted by atomic mass is 16.7. The highest BCUT2D eigenvalue weighted by Crippen LogP contribution is 2.27. The zero-order valence-electron chi connectivity index (χ0n) is 14.9. The molecule has 0 aliphatic heterocycles. The molecule has 3 aromatic rings. The maximum absolute atomic E-state index is 12.1. The lowest BCUT2D eigenvalue weighted by Crippen LogP contribution is -2.20. The normalized spacial score (nSPS) is 9.93. The van der Waals surface area contributed by atoms with Crippen LogP contribution in [-0.2, 0) is 0 Å². The second-order valence-electron chi connectivity index (χ2n) is 5.58. The van der Waals surface area contributed by atoms with Crippen molar-refractivity contribution in [1.29, 1.82) is 0 Å². The van der Waals surface area contributed by atoms with E-state index in [0.717, 1.165) is 0 Å². The highest BCUT2D eigenvalue weighted by molar-refractivity contribution is 6.02. The molecule has 0 radical (unpaired) electrons. The fourth-order valence-corrected chi connectivity index (χ4v) is 2.37. The van der Waals surface area contributed by atoms with Crippen LogP contribution in [0.15, 0.2) is 78.9 Å². The van der Waals surface area contributed by atoms with Gasteiger partial charge in [0, 0.05) is 0 Å². The van der Waals surface area contributed by atoms with Gasteiger partial charge in [0.15, 0.2) is 5.75 Å². The minimum absolute atomic E-state index is 0.108. The van der Waals surface area contributed by atoms with Crippen LogP contribution in [-0.4, -0.2) is 23.3 Å². The third kappa shape index (κ3) is 5.33. The Morgan fingerprint density at radius 3 is 1.86 bits per heavy atom. The number of hydrogen-bond donors (Lipinski definition) is 2. The van der Waals surface area contributed by atoms with Crippen LogP contribution in [0.2, 0.25) is 0 Å². The molecule has 0 aliphatic rings. The molecule has 3 rings (SSSR count). The standard InChI is InChI=1S/C21H15NO7/c23-19(24)18-16(22-20(25)27-14-8-3-1-4-9-14)12-7-13-17(18)29-21(26)28-15-10-5-2-6-11-15/h1-13H,(H,22,25)(H,23,24). The third-order valence-electron chi connectivity index (χ3n) is 3.57. The van der Waals surface area contributed by atoms with Crippen LogP contribution in [0.1, 0.15) is 10.4 Å². The van der Waals surface area contributed by atoms with Crippen LogP contribution in [0.4, 0.5) is 15.3 Å². The minimum Gasteiger partial charge on any atom is -0.477 e. The fourth-order valence-electron chi connectivity index (χ4n) is 2.37. The van der Waals surface area contributed by atoms with Gasteiger partial charge in [-0.15, -0.1) is 0 Å². The summed E-state index contributed by atoms with van der Waals surface area (Å²) >= 11 is 0. The Labute approximate surface area is 165 Å². The summed E-state index contributed by atoms with van der Waals surface area (Å²) in [4.78, 5) is 35.8. The molecule has 0 fully saturated rings. The second kappa shape index (κ2) is 9.05. The lowest BCUT2D eigenvalue weighted by molar-refractivity contribution is 0.0694. The van der Waals surface area contributed by atoms with Crippen molar-refractivity contribution < 1.29 is 33.7 Å². The predicted octanol–water partition coefficient (Wildman–Crippen LogP) is 4.57. The number of anilines is 1. The zero-order chi connectivity index (χ0) is 20.6. The van der Waals surface area contributed by atoms with Gasteiger partial charge in [-0.25, -0.2) is 14.4 Å². The van der Waals surface area contributed by atoms with E-state index in [-0.39, 0.29) is 22.9 Å². The number of hydrogen-bond acceptors (Lipinski definition) is 6. The van der Waals surface area contributed by atoms with Crippen molar-refractivity contribution in [1.82, 2.24) is 0 Å². The molecule has 0 saturated carbocycles. The van der Waals surface area contributed by atoms with E-state index in [2.05, 4.69) is 5.32 Å². The van der Waals surface area contributed by atoms with Crippen molar-refractivity contribution in [2.24, 2.45) is 0 Å². The number of carboxylic acids is 1. The predicted molar refractivity (Wildman–Crippen MR) is 103 cm³/mol. The molecule has 2 N–H and O–H groups in total. The number of carbonyl (C=O) groups excluding carboxylic acids is 2. The number of benzene rings is 3. The number of carbonyl (C=O) groups is 3. The molecule has 0 atom stereocenters. The van der Waals surface area contributed by atoms with E-state index in [4.69, 9.17) is 14.2 Å². The van der Waals surface area contributed by atoms with Crippen molar-refractivity contribution in [3.63, 3.8) is 0 Å². The topological polar surface area (TPSA) is 111 Å². The largest absolute Gasteiger partial charge is 0.519 e. The van der Waals surface area contributed by atoms with Crippen LogP contribution in [0.25, 0.3) is 0 Å². The van der Waals surface area contributed by atoms with Gasteiger partial charge in [0.1, 0.15) is 17.1 Å². The first-order valence-electron chi connectivity index (χ1n) is 8.38. The van der Waals surface area contributed by atoms with E-state index in [1.807, 2.05) is 0 Å². The van der Waals surface area contributed by atoms with Crippen LogP contribution in [0.5, 0.6) is 17.2 Å². The summed E-state index contributed by atoms with van der Waals surface area (Å²) in [6, 6.07) is 20.4. The number of para-hydroxylation sites is 2. The van der Waals surface area contributed by atoms with Crippen LogP contribution >= 0.6 is 0 Å². The van der Waals surface area contributed by atoms with Crippen molar-refractivity contribution in [2.45, 2.75) is 0 Å². The van der Waals surface area contributed by atoms with Crippen molar-refractivity contribution >= 4 is 23.9 Å². The molecule has 0 spiro atoms. The number of aromatic carboxylic acids is 1. The van der Waals surface area contributed by atoms with Gasteiger partial charge in [-0.3, -0.25) is 5.32 Å². The summed E-state index contributed by atoms with van der Waals surface area (Å²) in [5.74, 6) is -1.20. The molecule has 1 amide bonds. The Bertz CT molecular complexity index is 946. The zero-order valence-corrected chi connectivity index (χ0v) is 14.9. The van der Waals surface area contributed by atoms with Gasteiger partial charge >= 0.3 is 18.2 Å². The van der Waals surface area contributed by atoms with E-state index in [0.29, 0.717) is 0 Å². The lowest BCUT2D eigenvalue weighted by atomic mass is 10.1. The van der Waals surface area contributed by atoms with E-state index >= 15 is 0 Å². The number of amides is 1. The molecule has 0 aromatic heterocycles. The SMILES string of the molecule is O=C(Nc1cccc(OC(=O)Oc2ccccc2)c1C(=O)O)Oc1ccccc1. The molecular formula is C21H15NO7. The number of rotatable bonds is 5. The average Bonchev–Trinajstić information content (AvgIpc) is 2.69. The molecule has 0 unspecified atom stereocenters. The first kappa shape index (κ1) is 19.4. The Kier molecular flexibility index (Phi) is 6.06. The van der Waals surface area contributed by atoms with Gasteiger partial charge in [-0.05, 0) is 36.4 Å². The summed E-state index contributed by atoms with van der Waals surface area (Å²) in [5, 5.41) is 11.9. The quantitative estimate of drug-likeness (QED) is 0.482. The highest BCUT2D eigenvalue weighted by Gasteiger charge is 2.21. The van der Waals surface area contributed by atoms with E-state index in [1.54, 1.807) is 48.5 Å². The second-order valence-corrected chi connectivity index (χ2v) is 5.58. The van der Waals surface area contributed by atoms with Gasteiger partial charge in [-0.1, -0.05) is 42.5 Å². The molecule has 146 valence electrons. The molecule has 0 bridgehead atoms. The van der Waals surface area contributed by atoms with Crippen molar-refractivity contribution in [2.75, 3.05) is 5.32 Å². The lowest BCUT2D eigenvalue weighted by Gasteiger charge is -2.12. The van der Waals surface area contributed by atoms with E-state index in [1.165, 1.54) is 30.3 Å². The van der Waals surface area contributed by atoms with Crippen molar-refractivity contribution in [3.05, 3.63) is 84.4 Å². The van der Waals surface area contributed by atoms with Crippen LogP contribution in [0.3, 0.4) is 0 Å².